The molecule has 0 saturated carbocycles. The molecule has 0 aliphatic rings. The SMILES string of the molecule is NC(=S)c1cccc(CS(=O)(=O)Nc2ccc(=O)[nH]n2)c1. The summed E-state index contributed by atoms with van der Waals surface area (Å²) in [6.07, 6.45) is 0. The lowest BCUT2D eigenvalue weighted by Crippen LogP contribution is -2.18. The zero-order chi connectivity index (χ0) is 15.5. The first-order chi connectivity index (χ1) is 9.85. The smallest absolute Gasteiger partial charge is 0.264 e. The number of hydrogen-bond acceptors (Lipinski definition) is 5. The molecule has 0 unspecified atom stereocenters. The predicted octanol–water partition coefficient (Wildman–Crippen LogP) is 0.346. The highest BCUT2D eigenvalue weighted by Gasteiger charge is 2.13. The molecule has 2 rings (SSSR count). The van der Waals surface area contributed by atoms with Crippen molar-refractivity contribution >= 4 is 33.0 Å². The first-order valence-corrected chi connectivity index (χ1v) is 7.87. The van der Waals surface area contributed by atoms with E-state index < -0.39 is 15.6 Å². The van der Waals surface area contributed by atoms with E-state index in [-0.39, 0.29) is 16.6 Å². The fraction of sp³-hybridized carbons (Fsp3) is 0.0833. The summed E-state index contributed by atoms with van der Waals surface area (Å²) in [6.45, 7) is 0. The average molecular weight is 324 g/mol. The molecule has 2 aromatic rings. The van der Waals surface area contributed by atoms with Crippen LogP contribution in [0.2, 0.25) is 0 Å². The van der Waals surface area contributed by atoms with E-state index in [2.05, 4.69) is 14.9 Å². The number of nitrogens with two attached hydrogens (primary N) is 1. The van der Waals surface area contributed by atoms with Gasteiger partial charge < -0.3 is 5.73 Å². The van der Waals surface area contributed by atoms with Gasteiger partial charge in [0.1, 0.15) is 4.99 Å². The minimum atomic E-state index is -3.66. The number of thiocarbonyl (C=S) groups is 1. The number of anilines is 1. The largest absolute Gasteiger partial charge is 0.389 e. The predicted molar refractivity (Wildman–Crippen MR) is 83.4 cm³/mol. The lowest BCUT2D eigenvalue weighted by Gasteiger charge is -2.07. The van der Waals surface area contributed by atoms with E-state index in [0.29, 0.717) is 11.1 Å². The summed E-state index contributed by atoms with van der Waals surface area (Å²) in [6, 6.07) is 9.11. The van der Waals surface area contributed by atoms with Gasteiger partial charge in [0.15, 0.2) is 5.82 Å². The molecule has 0 spiro atoms. The van der Waals surface area contributed by atoms with Crippen LogP contribution >= 0.6 is 12.2 Å². The van der Waals surface area contributed by atoms with Gasteiger partial charge in [0.05, 0.1) is 5.75 Å². The highest BCUT2D eigenvalue weighted by Crippen LogP contribution is 2.11. The number of nitrogens with zero attached hydrogens (tertiary/aromatic N) is 1. The van der Waals surface area contributed by atoms with Crippen molar-refractivity contribution < 1.29 is 8.42 Å². The van der Waals surface area contributed by atoms with Crippen LogP contribution in [0, 0.1) is 0 Å². The van der Waals surface area contributed by atoms with Crippen molar-refractivity contribution in [3.8, 4) is 0 Å². The van der Waals surface area contributed by atoms with Gasteiger partial charge >= 0.3 is 0 Å². The Morgan fingerprint density at radius 2 is 2.10 bits per heavy atom. The summed E-state index contributed by atoms with van der Waals surface area (Å²) in [5.41, 5.74) is 6.23. The van der Waals surface area contributed by atoms with Gasteiger partial charge in [-0.3, -0.25) is 9.52 Å². The quantitative estimate of drug-likeness (QED) is 0.683. The summed E-state index contributed by atoms with van der Waals surface area (Å²) in [7, 11) is -3.66. The molecule has 0 fully saturated rings. The number of hydrogen-bond donors (Lipinski definition) is 3. The molecule has 1 aromatic carbocycles. The van der Waals surface area contributed by atoms with E-state index in [9.17, 15) is 13.2 Å². The summed E-state index contributed by atoms with van der Waals surface area (Å²) in [5.74, 6) is -0.218. The molecule has 0 radical (unpaired) electrons. The topological polar surface area (TPSA) is 118 Å². The molecule has 0 atom stereocenters. The Morgan fingerprint density at radius 1 is 1.33 bits per heavy atom. The van der Waals surface area contributed by atoms with Crippen molar-refractivity contribution in [1.82, 2.24) is 10.2 Å². The van der Waals surface area contributed by atoms with Crippen LogP contribution in [0.5, 0.6) is 0 Å². The van der Waals surface area contributed by atoms with Gasteiger partial charge in [-0.1, -0.05) is 30.4 Å². The van der Waals surface area contributed by atoms with Crippen molar-refractivity contribution in [3.63, 3.8) is 0 Å². The van der Waals surface area contributed by atoms with Crippen LogP contribution in [0.25, 0.3) is 0 Å². The number of aromatic amines is 1. The minimum Gasteiger partial charge on any atom is -0.389 e. The third kappa shape index (κ3) is 4.36. The summed E-state index contributed by atoms with van der Waals surface area (Å²) < 4.78 is 26.3. The van der Waals surface area contributed by atoms with E-state index >= 15 is 0 Å². The second-order valence-corrected chi connectivity index (χ2v) is 6.39. The van der Waals surface area contributed by atoms with E-state index in [4.69, 9.17) is 18.0 Å². The normalized spacial score (nSPS) is 11.0. The Bertz CT molecular complexity index is 810. The van der Waals surface area contributed by atoms with Gasteiger partial charge in [0.2, 0.25) is 10.0 Å². The monoisotopic (exact) mass is 324 g/mol. The molecule has 4 N–H and O–H groups in total. The zero-order valence-corrected chi connectivity index (χ0v) is 12.4. The Labute approximate surface area is 126 Å². The molecule has 0 amide bonds. The maximum Gasteiger partial charge on any atom is 0.264 e. The van der Waals surface area contributed by atoms with E-state index in [0.717, 1.165) is 0 Å². The van der Waals surface area contributed by atoms with Gasteiger partial charge in [0.25, 0.3) is 5.56 Å². The maximum atomic E-state index is 12.0. The molecule has 7 nitrogen and oxygen atoms in total. The number of sulfonamides is 1. The van der Waals surface area contributed by atoms with Gasteiger partial charge in [-0.15, -0.1) is 0 Å². The number of H-pyrrole nitrogens is 1. The maximum absolute atomic E-state index is 12.0. The molecular weight excluding hydrogens is 312 g/mol. The first kappa shape index (κ1) is 15.1. The zero-order valence-electron chi connectivity index (χ0n) is 10.7. The van der Waals surface area contributed by atoms with Crippen LogP contribution in [0.1, 0.15) is 11.1 Å². The summed E-state index contributed by atoms with van der Waals surface area (Å²) in [5, 5.41) is 5.73. The average Bonchev–Trinajstić information content (AvgIpc) is 2.41. The third-order valence-corrected chi connectivity index (χ3v) is 3.98. The van der Waals surface area contributed by atoms with Gasteiger partial charge in [0, 0.05) is 11.6 Å². The number of rotatable bonds is 5. The number of benzene rings is 1. The molecule has 21 heavy (non-hydrogen) atoms. The molecular formula is C12H12N4O3S2. The van der Waals surface area contributed by atoms with Crippen molar-refractivity contribution in [2.24, 2.45) is 5.73 Å². The van der Waals surface area contributed by atoms with Crippen molar-refractivity contribution in [1.29, 1.82) is 0 Å². The molecule has 0 bridgehead atoms. The molecule has 0 aliphatic carbocycles. The molecule has 9 heteroatoms. The van der Waals surface area contributed by atoms with Crippen LogP contribution in [0.15, 0.2) is 41.2 Å². The highest BCUT2D eigenvalue weighted by atomic mass is 32.2. The standard InChI is InChI=1S/C12H12N4O3S2/c13-12(20)9-3-1-2-8(6-9)7-21(18,19)16-10-4-5-11(17)15-14-10/h1-6H,7H2,(H2,13,20)(H,14,16)(H,15,17). The lowest BCUT2D eigenvalue weighted by atomic mass is 10.1. The minimum absolute atomic E-state index is 0.0418. The highest BCUT2D eigenvalue weighted by molar-refractivity contribution is 7.91. The van der Waals surface area contributed by atoms with Crippen LogP contribution in [0.4, 0.5) is 5.82 Å². The molecule has 1 heterocycles. The Kier molecular flexibility index (Phi) is 4.34. The van der Waals surface area contributed by atoms with Crippen molar-refractivity contribution in [2.45, 2.75) is 5.75 Å². The van der Waals surface area contributed by atoms with E-state index in [1.807, 2.05) is 0 Å². The molecule has 110 valence electrons. The fourth-order valence-electron chi connectivity index (χ4n) is 1.63. The van der Waals surface area contributed by atoms with Crippen molar-refractivity contribution in [2.75, 3.05) is 4.72 Å². The third-order valence-electron chi connectivity index (χ3n) is 2.51. The summed E-state index contributed by atoms with van der Waals surface area (Å²) >= 11 is 4.85. The van der Waals surface area contributed by atoms with E-state index in [1.165, 1.54) is 12.1 Å². The van der Waals surface area contributed by atoms with Crippen LogP contribution in [-0.4, -0.2) is 23.6 Å². The van der Waals surface area contributed by atoms with Crippen LogP contribution in [-0.2, 0) is 15.8 Å². The molecule has 1 aromatic heterocycles. The summed E-state index contributed by atoms with van der Waals surface area (Å²) in [4.78, 5) is 11.1. The van der Waals surface area contributed by atoms with Crippen LogP contribution < -0.4 is 16.0 Å². The first-order valence-electron chi connectivity index (χ1n) is 5.81. The lowest BCUT2D eigenvalue weighted by molar-refractivity contribution is 0.600. The number of aromatic nitrogens is 2. The second-order valence-electron chi connectivity index (χ2n) is 4.23. The number of nitrogens with one attached hydrogen (secondary N) is 2. The Hall–Kier alpha value is -2.26. The van der Waals surface area contributed by atoms with Gasteiger partial charge in [-0.25, -0.2) is 13.5 Å². The Balaban J connectivity index is 2.17. The second kappa shape index (κ2) is 6.02. The van der Waals surface area contributed by atoms with Crippen LogP contribution in [0.3, 0.4) is 0 Å². The van der Waals surface area contributed by atoms with E-state index in [1.54, 1.807) is 24.3 Å². The van der Waals surface area contributed by atoms with Crippen molar-refractivity contribution in [3.05, 3.63) is 57.9 Å². The Morgan fingerprint density at radius 3 is 2.71 bits per heavy atom. The van der Waals surface area contributed by atoms with Gasteiger partial charge in [-0.2, -0.15) is 5.10 Å². The van der Waals surface area contributed by atoms with Gasteiger partial charge in [-0.05, 0) is 17.7 Å². The molecule has 0 saturated heterocycles. The fourth-order valence-corrected chi connectivity index (χ4v) is 2.88. The molecule has 0 aliphatic heterocycles.